The number of rotatable bonds is 8. The summed E-state index contributed by atoms with van der Waals surface area (Å²) in [5.41, 5.74) is -0.943. The number of aliphatic hydroxyl groups excluding tert-OH is 1. The SMILES string of the molecule is CCCN1C(=O)[C@]2(C(=C(O)c3ccc(S(=O)(=O)N4CCCCC4)cc3)C(=O)C(=O)N2CCN(C)C)c2ccccc21. The molecule has 0 saturated carbocycles. The van der Waals surface area contributed by atoms with Gasteiger partial charge in [-0.15, -0.1) is 0 Å². The van der Waals surface area contributed by atoms with Crippen LogP contribution in [-0.4, -0.2) is 92.0 Å². The fourth-order valence-corrected chi connectivity index (χ4v) is 7.61. The summed E-state index contributed by atoms with van der Waals surface area (Å²) in [6, 6.07) is 12.7. The van der Waals surface area contributed by atoms with Gasteiger partial charge in [-0.1, -0.05) is 31.5 Å². The fraction of sp³-hybridized carbons (Fsp3) is 0.433. The van der Waals surface area contributed by atoms with E-state index in [2.05, 4.69) is 0 Å². The third-order valence-electron chi connectivity index (χ3n) is 8.11. The number of nitrogens with zero attached hydrogens (tertiary/aromatic N) is 4. The number of anilines is 1. The van der Waals surface area contributed by atoms with E-state index < -0.39 is 38.9 Å². The predicted molar refractivity (Wildman–Crippen MR) is 155 cm³/mol. The second kappa shape index (κ2) is 11.0. The number of amides is 2. The maximum Gasteiger partial charge on any atom is 0.296 e. The first-order chi connectivity index (χ1) is 19.6. The van der Waals surface area contributed by atoms with Crippen LogP contribution in [0.4, 0.5) is 5.69 Å². The van der Waals surface area contributed by atoms with E-state index in [1.54, 1.807) is 29.2 Å². The topological polar surface area (TPSA) is 119 Å². The molecule has 10 nitrogen and oxygen atoms in total. The van der Waals surface area contributed by atoms with Gasteiger partial charge in [-0.05, 0) is 63.7 Å². The molecule has 2 fully saturated rings. The van der Waals surface area contributed by atoms with E-state index in [-0.39, 0.29) is 22.6 Å². The molecule has 3 aliphatic rings. The molecule has 0 bridgehead atoms. The van der Waals surface area contributed by atoms with Crippen molar-refractivity contribution in [2.45, 2.75) is 43.0 Å². The lowest BCUT2D eigenvalue weighted by molar-refractivity contribution is -0.143. The molecule has 2 aromatic carbocycles. The molecule has 2 aromatic rings. The normalized spacial score (nSPS) is 22.8. The smallest absolute Gasteiger partial charge is 0.296 e. The Labute approximate surface area is 240 Å². The number of piperidine rings is 1. The van der Waals surface area contributed by atoms with Gasteiger partial charge in [-0.3, -0.25) is 14.4 Å². The molecule has 1 N–H and O–H groups in total. The number of ketones is 1. The number of para-hydroxylation sites is 1. The van der Waals surface area contributed by atoms with E-state index in [1.165, 1.54) is 33.5 Å². The fourth-order valence-electron chi connectivity index (χ4n) is 6.10. The van der Waals surface area contributed by atoms with E-state index in [4.69, 9.17) is 0 Å². The van der Waals surface area contributed by atoms with Gasteiger partial charge in [0.2, 0.25) is 10.0 Å². The van der Waals surface area contributed by atoms with Gasteiger partial charge in [-0.2, -0.15) is 4.31 Å². The van der Waals surface area contributed by atoms with Crippen LogP contribution < -0.4 is 4.90 Å². The van der Waals surface area contributed by atoms with E-state index in [1.807, 2.05) is 25.9 Å². The van der Waals surface area contributed by atoms with Crippen LogP contribution in [0.1, 0.15) is 43.7 Å². The second-order valence-corrected chi connectivity index (χ2v) is 12.9. The lowest BCUT2D eigenvalue weighted by Gasteiger charge is -2.35. The number of Topliss-reactive ketones (excluding diaryl/α,β-unsaturated/α-hetero) is 1. The van der Waals surface area contributed by atoms with Gasteiger partial charge in [0.05, 0.1) is 16.2 Å². The van der Waals surface area contributed by atoms with Crippen LogP contribution in [0.15, 0.2) is 59.0 Å². The number of likely N-dealkylation sites (N-methyl/N-ethyl adjacent to an activating group) is 1. The zero-order valence-electron chi connectivity index (χ0n) is 23.7. The molecule has 11 heteroatoms. The Morgan fingerprint density at radius 3 is 2.24 bits per heavy atom. The molecular weight excluding hydrogens is 544 g/mol. The second-order valence-electron chi connectivity index (χ2n) is 11.0. The van der Waals surface area contributed by atoms with E-state index in [9.17, 15) is 27.9 Å². The molecule has 0 aromatic heterocycles. The van der Waals surface area contributed by atoms with Crippen molar-refractivity contribution in [3.05, 3.63) is 65.2 Å². The van der Waals surface area contributed by atoms with E-state index in [0.717, 1.165) is 19.3 Å². The van der Waals surface area contributed by atoms with Crippen LogP contribution in [0, 0.1) is 0 Å². The highest BCUT2D eigenvalue weighted by Gasteiger charge is 2.66. The molecular formula is C30H36N4O6S. The Morgan fingerprint density at radius 1 is 0.951 bits per heavy atom. The molecule has 218 valence electrons. The number of hydrogen-bond acceptors (Lipinski definition) is 7. The van der Waals surface area contributed by atoms with Crippen LogP contribution in [0.25, 0.3) is 5.76 Å². The predicted octanol–water partition coefficient (Wildman–Crippen LogP) is 2.76. The minimum absolute atomic E-state index is 0.0773. The molecule has 3 aliphatic heterocycles. The summed E-state index contributed by atoms with van der Waals surface area (Å²) in [6.45, 7) is 3.69. The third-order valence-corrected chi connectivity index (χ3v) is 10.0. The lowest BCUT2D eigenvalue weighted by Crippen LogP contribution is -2.53. The van der Waals surface area contributed by atoms with Gasteiger partial charge in [0.15, 0.2) is 5.54 Å². The summed E-state index contributed by atoms with van der Waals surface area (Å²) in [4.78, 5) is 46.4. The summed E-state index contributed by atoms with van der Waals surface area (Å²) in [6.07, 6.45) is 3.24. The van der Waals surface area contributed by atoms with Gasteiger partial charge in [0.1, 0.15) is 5.76 Å². The molecule has 2 saturated heterocycles. The molecule has 1 spiro atoms. The van der Waals surface area contributed by atoms with Crippen molar-refractivity contribution in [1.29, 1.82) is 0 Å². The van der Waals surface area contributed by atoms with Crippen molar-refractivity contribution >= 4 is 39.1 Å². The third kappa shape index (κ3) is 4.56. The number of hydrogen-bond donors (Lipinski definition) is 1. The molecule has 41 heavy (non-hydrogen) atoms. The minimum atomic E-state index is -3.71. The number of benzene rings is 2. The summed E-state index contributed by atoms with van der Waals surface area (Å²) < 4.78 is 27.8. The Hall–Kier alpha value is -3.54. The quantitative estimate of drug-likeness (QED) is 0.290. The van der Waals surface area contributed by atoms with Gasteiger partial charge < -0.3 is 19.8 Å². The highest BCUT2D eigenvalue weighted by molar-refractivity contribution is 7.89. The number of sulfonamides is 1. The highest BCUT2D eigenvalue weighted by atomic mass is 32.2. The van der Waals surface area contributed by atoms with Gasteiger partial charge in [-0.25, -0.2) is 8.42 Å². The van der Waals surface area contributed by atoms with Gasteiger partial charge >= 0.3 is 0 Å². The van der Waals surface area contributed by atoms with Crippen LogP contribution >= 0.6 is 0 Å². The zero-order valence-corrected chi connectivity index (χ0v) is 24.5. The molecule has 0 radical (unpaired) electrons. The van der Waals surface area contributed by atoms with Crippen LogP contribution in [-0.2, 0) is 29.9 Å². The van der Waals surface area contributed by atoms with Crippen LogP contribution in [0.3, 0.4) is 0 Å². The van der Waals surface area contributed by atoms with Crippen molar-refractivity contribution in [2.75, 3.05) is 51.7 Å². The maximum absolute atomic E-state index is 14.4. The highest BCUT2D eigenvalue weighted by Crippen LogP contribution is 2.53. The van der Waals surface area contributed by atoms with E-state index >= 15 is 0 Å². The minimum Gasteiger partial charge on any atom is -0.507 e. The average Bonchev–Trinajstić information content (AvgIpc) is 3.35. The van der Waals surface area contributed by atoms with Crippen molar-refractivity contribution in [3.63, 3.8) is 0 Å². The molecule has 0 aliphatic carbocycles. The molecule has 2 amide bonds. The Morgan fingerprint density at radius 2 is 1.61 bits per heavy atom. The lowest BCUT2D eigenvalue weighted by atomic mass is 9.82. The number of carbonyl (C=O) groups is 3. The van der Waals surface area contributed by atoms with E-state index in [0.29, 0.717) is 43.9 Å². The first-order valence-electron chi connectivity index (χ1n) is 14.0. The largest absolute Gasteiger partial charge is 0.507 e. The molecule has 5 rings (SSSR count). The van der Waals surface area contributed by atoms with Crippen molar-refractivity contribution in [1.82, 2.24) is 14.1 Å². The molecule has 3 heterocycles. The zero-order chi connectivity index (χ0) is 29.5. The Kier molecular flexibility index (Phi) is 7.80. The monoisotopic (exact) mass is 580 g/mol. The standard InChI is InChI=1S/C30H36N4O6S/c1-4-16-33-24-11-7-6-10-23(24)30(29(33)38)25(27(36)28(37)34(30)20-19-31(2)3)26(35)21-12-14-22(15-13-21)41(39,40)32-17-8-5-9-18-32/h6-7,10-15,35H,4-5,8-9,16-20H2,1-3H3/t30-/m1/s1. The summed E-state index contributed by atoms with van der Waals surface area (Å²) in [5.74, 6) is -2.80. The average molecular weight is 581 g/mol. The number of likely N-dealkylation sites (tertiary alicyclic amines) is 1. The van der Waals surface area contributed by atoms with Crippen LogP contribution in [0.5, 0.6) is 0 Å². The van der Waals surface area contributed by atoms with Gasteiger partial charge in [0, 0.05) is 43.9 Å². The van der Waals surface area contributed by atoms with Crippen molar-refractivity contribution in [3.8, 4) is 0 Å². The summed E-state index contributed by atoms with van der Waals surface area (Å²) in [5, 5.41) is 11.7. The van der Waals surface area contributed by atoms with Crippen molar-refractivity contribution < 1.29 is 27.9 Å². The molecule has 0 unspecified atom stereocenters. The first-order valence-corrected chi connectivity index (χ1v) is 15.5. The first kappa shape index (κ1) is 29.0. The summed E-state index contributed by atoms with van der Waals surface area (Å²) in [7, 11) is -0.0511. The van der Waals surface area contributed by atoms with Crippen LogP contribution in [0.2, 0.25) is 0 Å². The summed E-state index contributed by atoms with van der Waals surface area (Å²) >= 11 is 0. The van der Waals surface area contributed by atoms with Crippen molar-refractivity contribution in [2.24, 2.45) is 0 Å². The Bertz CT molecular complexity index is 1510. The Balaban J connectivity index is 1.67. The van der Waals surface area contributed by atoms with Gasteiger partial charge in [0.25, 0.3) is 17.6 Å². The number of fused-ring (bicyclic) bond motifs is 2. The number of aliphatic hydroxyl groups is 1. The molecule has 1 atom stereocenters. The number of carbonyl (C=O) groups excluding carboxylic acids is 3. The maximum atomic E-state index is 14.4.